The molecule has 0 aliphatic heterocycles. The van der Waals surface area contributed by atoms with Gasteiger partial charge in [-0.15, -0.1) is 0 Å². The summed E-state index contributed by atoms with van der Waals surface area (Å²) in [4.78, 5) is 4.72. The Hall–Kier alpha value is -2.45. The van der Waals surface area contributed by atoms with Crippen molar-refractivity contribution in [2.24, 2.45) is 0 Å². The maximum atomic E-state index is 9.50. The lowest BCUT2D eigenvalue weighted by molar-refractivity contribution is 0.282. The Morgan fingerprint density at radius 3 is 1.90 bits per heavy atom. The van der Waals surface area contributed by atoms with Crippen LogP contribution in [0.3, 0.4) is 0 Å². The molecule has 2 heteroatoms. The zero-order chi connectivity index (χ0) is 13.8. The van der Waals surface area contributed by atoms with Crippen molar-refractivity contribution in [1.82, 2.24) is 4.98 Å². The molecule has 0 atom stereocenters. The molecule has 2 nitrogen and oxygen atoms in total. The van der Waals surface area contributed by atoms with Crippen LogP contribution in [0.2, 0.25) is 0 Å². The molecule has 0 saturated carbocycles. The van der Waals surface area contributed by atoms with E-state index >= 15 is 0 Å². The normalized spacial score (nSPS) is 10.4. The van der Waals surface area contributed by atoms with Crippen molar-refractivity contribution in [3.05, 3.63) is 78.4 Å². The summed E-state index contributed by atoms with van der Waals surface area (Å²) in [5.74, 6) is 0. The van der Waals surface area contributed by atoms with E-state index in [1.54, 1.807) is 0 Å². The lowest BCUT2D eigenvalue weighted by atomic mass is 10.0. The van der Waals surface area contributed by atoms with Gasteiger partial charge in [0.05, 0.1) is 18.0 Å². The van der Waals surface area contributed by atoms with Crippen LogP contribution in [0.1, 0.15) is 5.56 Å². The van der Waals surface area contributed by atoms with E-state index in [9.17, 15) is 5.11 Å². The van der Waals surface area contributed by atoms with Gasteiger partial charge in [-0.1, -0.05) is 66.7 Å². The molecule has 1 N–H and O–H groups in total. The van der Waals surface area contributed by atoms with Crippen molar-refractivity contribution in [1.29, 1.82) is 0 Å². The highest BCUT2D eigenvalue weighted by molar-refractivity contribution is 5.68. The molecule has 20 heavy (non-hydrogen) atoms. The molecular weight excluding hydrogens is 246 g/mol. The topological polar surface area (TPSA) is 33.1 Å². The van der Waals surface area contributed by atoms with E-state index in [0.717, 1.165) is 28.1 Å². The molecule has 0 bridgehead atoms. The maximum Gasteiger partial charge on any atom is 0.0764 e. The summed E-state index contributed by atoms with van der Waals surface area (Å²) in [5.41, 5.74) is 4.70. The number of hydrogen-bond donors (Lipinski definition) is 1. The Kier molecular flexibility index (Phi) is 3.57. The molecular formula is C18H15NO. The van der Waals surface area contributed by atoms with Gasteiger partial charge in [0, 0.05) is 16.7 Å². The van der Waals surface area contributed by atoms with Crippen LogP contribution in [-0.2, 0) is 6.61 Å². The summed E-state index contributed by atoms with van der Waals surface area (Å²) in [6, 6.07) is 23.9. The first kappa shape index (κ1) is 12.6. The monoisotopic (exact) mass is 261 g/mol. The zero-order valence-electron chi connectivity index (χ0n) is 11.0. The van der Waals surface area contributed by atoms with Gasteiger partial charge < -0.3 is 5.11 Å². The minimum absolute atomic E-state index is 0.00764. The number of aromatic nitrogens is 1. The number of hydrogen-bond acceptors (Lipinski definition) is 2. The van der Waals surface area contributed by atoms with Crippen molar-refractivity contribution in [2.45, 2.75) is 6.61 Å². The molecule has 0 aliphatic rings. The summed E-state index contributed by atoms with van der Waals surface area (Å²) >= 11 is 0. The first-order valence-corrected chi connectivity index (χ1v) is 6.60. The van der Waals surface area contributed by atoms with E-state index in [0.29, 0.717) is 0 Å². The average molecular weight is 261 g/mol. The SMILES string of the molecule is OCc1ccc(-c2ccccc2)nc1-c1ccccc1. The molecule has 3 rings (SSSR count). The van der Waals surface area contributed by atoms with E-state index < -0.39 is 0 Å². The number of benzene rings is 2. The molecule has 98 valence electrons. The van der Waals surface area contributed by atoms with Crippen molar-refractivity contribution in [3.63, 3.8) is 0 Å². The maximum absolute atomic E-state index is 9.50. The van der Waals surface area contributed by atoms with Crippen LogP contribution in [0.25, 0.3) is 22.5 Å². The Balaban J connectivity index is 2.13. The number of aliphatic hydroxyl groups is 1. The Morgan fingerprint density at radius 1 is 0.700 bits per heavy atom. The van der Waals surface area contributed by atoms with Gasteiger partial charge in [0.25, 0.3) is 0 Å². The number of pyridine rings is 1. The Morgan fingerprint density at radius 2 is 1.30 bits per heavy atom. The van der Waals surface area contributed by atoms with E-state index in [-0.39, 0.29) is 6.61 Å². The molecule has 2 aromatic carbocycles. The van der Waals surface area contributed by atoms with Gasteiger partial charge in [0.1, 0.15) is 0 Å². The van der Waals surface area contributed by atoms with Crippen LogP contribution < -0.4 is 0 Å². The van der Waals surface area contributed by atoms with Gasteiger partial charge >= 0.3 is 0 Å². The molecule has 0 unspecified atom stereocenters. The lowest BCUT2D eigenvalue weighted by Crippen LogP contribution is -1.95. The average Bonchev–Trinajstić information content (AvgIpc) is 2.56. The van der Waals surface area contributed by atoms with E-state index in [1.807, 2.05) is 72.8 Å². The molecule has 0 amide bonds. The summed E-state index contributed by atoms with van der Waals surface area (Å²) in [6.07, 6.45) is 0. The zero-order valence-corrected chi connectivity index (χ0v) is 11.0. The standard InChI is InChI=1S/C18H15NO/c20-13-16-11-12-17(14-7-3-1-4-8-14)19-18(16)15-9-5-2-6-10-15/h1-12,20H,13H2. The third-order valence-corrected chi connectivity index (χ3v) is 3.27. The quantitative estimate of drug-likeness (QED) is 0.775. The molecule has 0 aliphatic carbocycles. The minimum Gasteiger partial charge on any atom is -0.392 e. The molecule has 0 spiro atoms. The van der Waals surface area contributed by atoms with Crippen LogP contribution in [0, 0.1) is 0 Å². The molecule has 0 saturated heterocycles. The van der Waals surface area contributed by atoms with Crippen molar-refractivity contribution in [3.8, 4) is 22.5 Å². The second-order valence-corrected chi connectivity index (χ2v) is 4.59. The van der Waals surface area contributed by atoms with Gasteiger partial charge in [0.2, 0.25) is 0 Å². The van der Waals surface area contributed by atoms with Gasteiger partial charge in [0.15, 0.2) is 0 Å². The van der Waals surface area contributed by atoms with Crippen molar-refractivity contribution in [2.75, 3.05) is 0 Å². The van der Waals surface area contributed by atoms with Crippen LogP contribution in [0.15, 0.2) is 72.8 Å². The third kappa shape index (κ3) is 2.46. The molecule has 1 aromatic heterocycles. The van der Waals surface area contributed by atoms with E-state index in [1.165, 1.54) is 0 Å². The number of aliphatic hydroxyl groups excluding tert-OH is 1. The Bertz CT molecular complexity index is 693. The lowest BCUT2D eigenvalue weighted by Gasteiger charge is -2.09. The molecule has 1 heterocycles. The van der Waals surface area contributed by atoms with Crippen LogP contribution in [-0.4, -0.2) is 10.1 Å². The third-order valence-electron chi connectivity index (χ3n) is 3.27. The molecule has 0 radical (unpaired) electrons. The fraction of sp³-hybridized carbons (Fsp3) is 0.0556. The fourth-order valence-corrected chi connectivity index (χ4v) is 2.23. The number of rotatable bonds is 3. The predicted molar refractivity (Wildman–Crippen MR) is 81.0 cm³/mol. The van der Waals surface area contributed by atoms with Gasteiger partial charge in [-0.25, -0.2) is 4.98 Å². The summed E-state index contributed by atoms with van der Waals surface area (Å²) in [5, 5.41) is 9.50. The van der Waals surface area contributed by atoms with Gasteiger partial charge in [-0.3, -0.25) is 0 Å². The van der Waals surface area contributed by atoms with Gasteiger partial charge in [-0.2, -0.15) is 0 Å². The first-order valence-electron chi connectivity index (χ1n) is 6.60. The predicted octanol–water partition coefficient (Wildman–Crippen LogP) is 3.91. The Labute approximate surface area is 118 Å². The van der Waals surface area contributed by atoms with E-state index in [4.69, 9.17) is 4.98 Å². The van der Waals surface area contributed by atoms with E-state index in [2.05, 4.69) is 0 Å². The second-order valence-electron chi connectivity index (χ2n) is 4.59. The first-order chi connectivity index (χ1) is 9.88. The van der Waals surface area contributed by atoms with Crippen molar-refractivity contribution >= 4 is 0 Å². The highest BCUT2D eigenvalue weighted by Gasteiger charge is 2.08. The summed E-state index contributed by atoms with van der Waals surface area (Å²) in [7, 11) is 0. The molecule has 3 aromatic rings. The highest BCUT2D eigenvalue weighted by Crippen LogP contribution is 2.26. The second kappa shape index (κ2) is 5.68. The van der Waals surface area contributed by atoms with Crippen molar-refractivity contribution < 1.29 is 5.11 Å². The molecule has 0 fully saturated rings. The van der Waals surface area contributed by atoms with Gasteiger partial charge in [-0.05, 0) is 6.07 Å². The minimum atomic E-state index is -0.00764. The van der Waals surface area contributed by atoms with Crippen LogP contribution >= 0.6 is 0 Å². The highest BCUT2D eigenvalue weighted by atomic mass is 16.3. The van der Waals surface area contributed by atoms with Crippen LogP contribution in [0.5, 0.6) is 0 Å². The van der Waals surface area contributed by atoms with Crippen LogP contribution in [0.4, 0.5) is 0 Å². The largest absolute Gasteiger partial charge is 0.392 e. The summed E-state index contributed by atoms with van der Waals surface area (Å²) in [6.45, 7) is -0.00764. The smallest absolute Gasteiger partial charge is 0.0764 e. The number of nitrogens with zero attached hydrogens (tertiary/aromatic N) is 1. The fourth-order valence-electron chi connectivity index (χ4n) is 2.23. The summed E-state index contributed by atoms with van der Waals surface area (Å²) < 4.78 is 0.